The Balaban J connectivity index is 0.00000259. The van der Waals surface area contributed by atoms with E-state index in [0.717, 1.165) is 6.08 Å². The van der Waals surface area contributed by atoms with Gasteiger partial charge in [0.1, 0.15) is 5.57 Å². The smallest absolute Gasteiger partial charge is 0.477 e. The van der Waals surface area contributed by atoms with Crippen LogP contribution in [0.3, 0.4) is 0 Å². The van der Waals surface area contributed by atoms with Crippen molar-refractivity contribution in [1.29, 1.82) is 0 Å². The first-order valence-corrected chi connectivity index (χ1v) is 9.07. The van der Waals surface area contributed by atoms with Crippen LogP contribution in [-0.4, -0.2) is 52.1 Å². The third kappa shape index (κ3) is 4.62. The number of fused-ring (bicyclic) bond motifs is 8. The molecular weight excluding hydrogens is 517 g/mol. The van der Waals surface area contributed by atoms with E-state index in [1.165, 1.54) is 6.07 Å². The van der Waals surface area contributed by atoms with Crippen molar-refractivity contribution in [3.63, 3.8) is 0 Å². The minimum atomic E-state index is -1.60. The third-order valence-corrected chi connectivity index (χ3v) is 4.26. The van der Waals surface area contributed by atoms with Gasteiger partial charge in [-0.3, -0.25) is 0 Å². The summed E-state index contributed by atoms with van der Waals surface area (Å²) in [5, 5.41) is 18.4. The van der Waals surface area contributed by atoms with Gasteiger partial charge in [-0.05, 0) is 54.1 Å². The largest absolute Gasteiger partial charge is 2.00 e. The van der Waals surface area contributed by atoms with E-state index in [0.29, 0.717) is 28.8 Å². The Morgan fingerprint density at radius 1 is 0.697 bits per heavy atom. The van der Waals surface area contributed by atoms with Gasteiger partial charge in [0.15, 0.2) is 0 Å². The monoisotopic (exact) mass is 528 g/mol. The topological polar surface area (TPSA) is 180 Å². The Hall–Kier alpha value is -4.38. The molecule has 3 aromatic rings. The van der Waals surface area contributed by atoms with Crippen LogP contribution in [0.25, 0.3) is 53.0 Å². The maximum Gasteiger partial charge on any atom is 2.00 e. The maximum atomic E-state index is 11.3. The minimum absolute atomic E-state index is 0. The van der Waals surface area contributed by atoms with Crippen LogP contribution in [0.5, 0.6) is 0 Å². The van der Waals surface area contributed by atoms with Crippen LogP contribution in [0.1, 0.15) is 28.9 Å². The fourth-order valence-corrected chi connectivity index (χ4v) is 2.89. The summed E-state index contributed by atoms with van der Waals surface area (Å²) in [5.74, 6) is -1.92. The van der Waals surface area contributed by atoms with E-state index in [1.54, 1.807) is 36.4 Å². The van der Waals surface area contributed by atoms with Gasteiger partial charge in [0.05, 0.1) is 23.3 Å². The first-order valence-electron chi connectivity index (χ1n) is 9.07. The van der Waals surface area contributed by atoms with Crippen LogP contribution < -0.4 is 9.97 Å². The van der Waals surface area contributed by atoms with Crippen molar-refractivity contribution in [1.82, 2.24) is 39.9 Å². The molecule has 5 rings (SSSR count). The number of carboxylic acid groups (broad SMARTS) is 2. The molecule has 0 atom stereocenters. The molecule has 12 nitrogen and oxygen atoms in total. The molecule has 0 aliphatic carbocycles. The van der Waals surface area contributed by atoms with Crippen molar-refractivity contribution < 1.29 is 39.3 Å². The molecule has 0 spiro atoms. The summed E-state index contributed by atoms with van der Waals surface area (Å²) in [6, 6.07) is 4.79. The molecule has 0 amide bonds. The van der Waals surface area contributed by atoms with Crippen LogP contribution in [0, 0.1) is 0 Å². The summed E-state index contributed by atoms with van der Waals surface area (Å²) in [5.41, 5.74) is 0.336. The van der Waals surface area contributed by atoms with Crippen LogP contribution in [-0.2, 0) is 29.1 Å². The Morgan fingerprint density at radius 3 is 1.70 bits per heavy atom. The predicted octanol–water partition coefficient (Wildman–Crippen LogP) is 1.04. The first-order chi connectivity index (χ1) is 15.4. The molecule has 5 heterocycles. The Kier molecular flexibility index (Phi) is 5.71. The van der Waals surface area contributed by atoms with Crippen LogP contribution in [0.2, 0.25) is 0 Å². The fraction of sp³-hybridized carbons (Fsp3) is 0. The maximum absolute atomic E-state index is 11.3. The van der Waals surface area contributed by atoms with E-state index >= 15 is 0 Å². The second-order valence-electron chi connectivity index (χ2n) is 6.49. The van der Waals surface area contributed by atoms with E-state index in [9.17, 15) is 19.8 Å². The fourth-order valence-electron chi connectivity index (χ4n) is 2.89. The van der Waals surface area contributed by atoms with Gasteiger partial charge in [0, 0.05) is 22.6 Å². The standard InChI is InChI=1S/C20H12N8O4.Ru/c29-19(30)10(20(31)32)7-9-8-17-26-15-4-3-13(24-15)22-11-1-2-12(21-11)23-14-5-6-16(25-14)27-18(9)28-17;/h1-8H,(H4,21,22,23,24,25,26,27,28,29,30,31,32);/q;+2/p-2. The zero-order valence-corrected chi connectivity index (χ0v) is 18.0. The second kappa shape index (κ2) is 8.63. The van der Waals surface area contributed by atoms with Crippen LogP contribution in [0.15, 0.2) is 23.8 Å². The number of nitrogens with zero attached hydrogens (tertiary/aromatic N) is 8. The normalized spacial score (nSPS) is 11.6. The average molecular weight is 527 g/mol. The molecular formula is C20H10N8O4Ru. The molecule has 162 valence electrons. The third-order valence-electron chi connectivity index (χ3n) is 4.26. The molecule has 0 saturated heterocycles. The van der Waals surface area contributed by atoms with Crippen molar-refractivity contribution in [3.8, 4) is 0 Å². The molecule has 33 heavy (non-hydrogen) atoms. The number of aromatic nitrogens is 8. The average Bonchev–Trinajstić information content (AvgIpc) is 3.51. The zero-order chi connectivity index (χ0) is 22.2. The molecule has 0 saturated carbocycles. The number of carbonyl (C=O) groups is 2. The van der Waals surface area contributed by atoms with Gasteiger partial charge in [0.2, 0.25) is 0 Å². The Bertz CT molecular complexity index is 1530. The van der Waals surface area contributed by atoms with Gasteiger partial charge in [0.25, 0.3) is 0 Å². The molecule has 0 radical (unpaired) electrons. The molecule has 0 fully saturated rings. The van der Waals surface area contributed by atoms with Crippen molar-refractivity contribution in [2.75, 3.05) is 0 Å². The van der Waals surface area contributed by atoms with Gasteiger partial charge in [-0.25, -0.2) is 19.6 Å². The molecule has 3 aromatic heterocycles. The van der Waals surface area contributed by atoms with Gasteiger partial charge in [-0.1, -0.05) is 0 Å². The quantitative estimate of drug-likeness (QED) is 0.148. The SMILES string of the molecule is O=C(O)C(=Cc1cc2nc3nc(nc4ccc(nc5nc(nc1[n-]2)C=C5)[n-]4)C=C3)C(=O)O.[Ru+2]. The van der Waals surface area contributed by atoms with Crippen molar-refractivity contribution in [2.45, 2.75) is 0 Å². The van der Waals surface area contributed by atoms with Gasteiger partial charge in [-0.15, -0.1) is 0 Å². The number of hydrogen-bond acceptors (Lipinski definition) is 8. The second-order valence-corrected chi connectivity index (χ2v) is 6.49. The Morgan fingerprint density at radius 2 is 1.18 bits per heavy atom. The van der Waals surface area contributed by atoms with E-state index < -0.39 is 17.5 Å². The van der Waals surface area contributed by atoms with Crippen molar-refractivity contribution >= 4 is 64.9 Å². The molecule has 0 aromatic carbocycles. The van der Waals surface area contributed by atoms with Crippen LogP contribution >= 0.6 is 0 Å². The zero-order valence-electron chi connectivity index (χ0n) is 16.3. The number of rotatable bonds is 3. The van der Waals surface area contributed by atoms with E-state index in [4.69, 9.17) is 0 Å². The summed E-state index contributed by atoms with van der Waals surface area (Å²) in [4.78, 5) is 57.0. The molecule has 2 N–H and O–H groups in total. The van der Waals surface area contributed by atoms with E-state index in [-0.39, 0.29) is 42.2 Å². The van der Waals surface area contributed by atoms with Gasteiger partial charge < -0.3 is 40.1 Å². The van der Waals surface area contributed by atoms with Gasteiger partial charge in [-0.2, -0.15) is 0 Å². The van der Waals surface area contributed by atoms with E-state index in [2.05, 4.69) is 39.9 Å². The summed E-state index contributed by atoms with van der Waals surface area (Å²) in [7, 11) is 0. The minimum Gasteiger partial charge on any atom is -0.477 e. The molecule has 2 aliphatic heterocycles. The molecule has 8 bridgehead atoms. The van der Waals surface area contributed by atoms with E-state index in [1.807, 2.05) is 0 Å². The van der Waals surface area contributed by atoms with Crippen molar-refractivity contribution in [3.05, 3.63) is 52.6 Å². The predicted molar refractivity (Wildman–Crippen MR) is 111 cm³/mol. The van der Waals surface area contributed by atoms with Crippen LogP contribution in [0.4, 0.5) is 0 Å². The number of carboxylic acids is 2. The molecule has 0 unspecified atom stereocenters. The summed E-state index contributed by atoms with van der Waals surface area (Å²) in [6.45, 7) is 0. The van der Waals surface area contributed by atoms with Crippen molar-refractivity contribution in [2.24, 2.45) is 0 Å². The summed E-state index contributed by atoms with van der Waals surface area (Å²) in [6.07, 6.45) is 7.44. The number of hydrogen-bond donors (Lipinski definition) is 2. The number of aliphatic carboxylic acids is 2. The molecule has 2 aliphatic rings. The molecule has 13 heteroatoms. The Labute approximate surface area is 196 Å². The summed E-state index contributed by atoms with van der Waals surface area (Å²) >= 11 is 0. The van der Waals surface area contributed by atoms with Gasteiger partial charge >= 0.3 is 31.4 Å². The summed E-state index contributed by atoms with van der Waals surface area (Å²) < 4.78 is 0. The first kappa shape index (κ1) is 21.8.